The average molecular weight is 396 g/mol. The van der Waals surface area contributed by atoms with Crippen molar-refractivity contribution in [3.63, 3.8) is 0 Å². The number of methoxy groups -OCH3 is 1. The highest BCUT2D eigenvalue weighted by Gasteiger charge is 2.49. The Morgan fingerprint density at radius 2 is 2.04 bits per heavy atom. The van der Waals surface area contributed by atoms with Gasteiger partial charge in [-0.15, -0.1) is 0 Å². The molecule has 154 valence electrons. The molecule has 0 aromatic heterocycles. The van der Waals surface area contributed by atoms with Crippen molar-refractivity contribution in [2.75, 3.05) is 33.4 Å². The fraction of sp³-hybridized carbons (Fsp3) is 0.526. The largest absolute Gasteiger partial charge is 0.494 e. The Morgan fingerprint density at radius 1 is 1.32 bits per heavy atom. The number of benzene rings is 1. The number of para-hydroxylation sites is 1. The van der Waals surface area contributed by atoms with Crippen LogP contribution in [0, 0.1) is 0 Å². The van der Waals surface area contributed by atoms with Crippen LogP contribution in [0.15, 0.2) is 30.3 Å². The number of carbonyl (C=O) groups is 3. The van der Waals surface area contributed by atoms with E-state index in [4.69, 9.17) is 9.47 Å². The van der Waals surface area contributed by atoms with Gasteiger partial charge in [-0.1, -0.05) is 18.2 Å². The number of hydrogen-bond donors (Lipinski definition) is 2. The highest BCUT2D eigenvalue weighted by Crippen LogP contribution is 2.31. The van der Waals surface area contributed by atoms with E-state index in [1.54, 1.807) is 0 Å². The van der Waals surface area contributed by atoms with Crippen molar-refractivity contribution in [3.8, 4) is 5.75 Å². The Labute approximate surface area is 162 Å². The third-order valence-corrected chi connectivity index (χ3v) is 4.39. The lowest BCUT2D eigenvalue weighted by Gasteiger charge is -2.22. The monoisotopic (exact) mass is 396 g/mol. The number of hydrogen-bond acceptors (Lipinski definition) is 5. The van der Waals surface area contributed by atoms with Gasteiger partial charge in [0.05, 0.1) is 26.3 Å². The molecule has 1 aliphatic heterocycles. The molecule has 8 nitrogen and oxygen atoms in total. The van der Waals surface area contributed by atoms with E-state index >= 15 is 0 Å². The van der Waals surface area contributed by atoms with Crippen molar-refractivity contribution in [2.45, 2.75) is 31.0 Å². The van der Waals surface area contributed by atoms with Gasteiger partial charge in [-0.3, -0.25) is 9.59 Å². The van der Waals surface area contributed by atoms with Crippen molar-refractivity contribution >= 4 is 17.8 Å². The minimum absolute atomic E-state index is 0.152. The molecule has 2 unspecified atom stereocenters. The number of ether oxygens (including phenoxy) is 2. The molecule has 1 aromatic carbocycles. The smallest absolute Gasteiger partial charge is 0.326 e. The molecule has 1 heterocycles. The van der Waals surface area contributed by atoms with Crippen LogP contribution >= 0.6 is 0 Å². The predicted molar refractivity (Wildman–Crippen MR) is 97.6 cm³/mol. The number of likely N-dealkylation sites (tertiary alicyclic amines) is 1. The van der Waals surface area contributed by atoms with Crippen LogP contribution in [0.2, 0.25) is 0 Å². The molecule has 1 aromatic rings. The van der Waals surface area contributed by atoms with Crippen LogP contribution in [-0.2, 0) is 19.1 Å². The second kappa shape index (κ2) is 10.0. The molecule has 2 amide bonds. The van der Waals surface area contributed by atoms with Crippen LogP contribution in [0.25, 0.3) is 0 Å². The Morgan fingerprint density at radius 3 is 2.68 bits per heavy atom. The summed E-state index contributed by atoms with van der Waals surface area (Å²) in [4.78, 5) is 36.4. The van der Waals surface area contributed by atoms with Crippen molar-refractivity contribution < 1.29 is 33.4 Å². The van der Waals surface area contributed by atoms with E-state index in [0.717, 1.165) is 4.90 Å². The van der Waals surface area contributed by atoms with Crippen LogP contribution in [0.1, 0.15) is 19.3 Å². The van der Waals surface area contributed by atoms with Crippen LogP contribution in [0.4, 0.5) is 4.39 Å². The highest BCUT2D eigenvalue weighted by atomic mass is 19.1. The fourth-order valence-corrected chi connectivity index (χ4v) is 3.09. The summed E-state index contributed by atoms with van der Waals surface area (Å²) in [5.41, 5.74) is -1.91. The number of nitrogens with zero attached hydrogens (tertiary/aromatic N) is 1. The number of rotatable bonds is 10. The molecule has 0 radical (unpaired) electrons. The van der Waals surface area contributed by atoms with Crippen molar-refractivity contribution in [3.05, 3.63) is 30.3 Å². The molecule has 0 spiro atoms. The number of carbonyl (C=O) groups excluding carboxylic acids is 2. The summed E-state index contributed by atoms with van der Waals surface area (Å²) in [5, 5.41) is 11.7. The number of aliphatic carboxylic acids is 1. The molecule has 2 atom stereocenters. The number of carboxylic acids is 1. The maximum Gasteiger partial charge on any atom is 0.326 e. The van der Waals surface area contributed by atoms with E-state index in [1.807, 2.05) is 30.3 Å². The number of nitrogens with one attached hydrogen (secondary N) is 1. The molecule has 1 fully saturated rings. The summed E-state index contributed by atoms with van der Waals surface area (Å²) < 4.78 is 24.9. The minimum Gasteiger partial charge on any atom is -0.494 e. The molecular formula is C19H25FN2O6. The Hall–Kier alpha value is -2.68. The van der Waals surface area contributed by atoms with Gasteiger partial charge in [0.15, 0.2) is 5.67 Å². The summed E-state index contributed by atoms with van der Waals surface area (Å²) in [7, 11) is 1.31. The summed E-state index contributed by atoms with van der Waals surface area (Å²) in [6.45, 7) is -0.711. The Bertz CT molecular complexity index is 686. The molecule has 9 heteroatoms. The molecule has 0 saturated carbocycles. The molecule has 1 aliphatic rings. The molecule has 2 rings (SSSR count). The van der Waals surface area contributed by atoms with E-state index in [0.29, 0.717) is 18.8 Å². The minimum atomic E-state index is -1.91. The highest BCUT2D eigenvalue weighted by molar-refractivity contribution is 5.88. The van der Waals surface area contributed by atoms with E-state index in [2.05, 4.69) is 5.32 Å². The quantitative estimate of drug-likeness (QED) is 0.572. The molecule has 28 heavy (non-hydrogen) atoms. The van der Waals surface area contributed by atoms with Crippen molar-refractivity contribution in [2.24, 2.45) is 0 Å². The second-order valence-corrected chi connectivity index (χ2v) is 6.71. The van der Waals surface area contributed by atoms with Gasteiger partial charge in [-0.2, -0.15) is 0 Å². The normalized spacial score (nSPS) is 21.4. The van der Waals surface area contributed by atoms with Gasteiger partial charge in [0, 0.05) is 20.0 Å². The lowest BCUT2D eigenvalue weighted by Crippen LogP contribution is -2.46. The zero-order valence-corrected chi connectivity index (χ0v) is 15.7. The number of amides is 2. The number of carboxylic acid groups (broad SMARTS) is 1. The van der Waals surface area contributed by atoms with Crippen molar-refractivity contribution in [1.29, 1.82) is 0 Å². The standard InChI is InChI=1S/C19H25FN2O6/c1-27-13-19(20)10-15(18(25)26)22(12-19)17(24)11-21-16(23)8-5-9-28-14-6-3-2-4-7-14/h2-4,6-7,15H,5,8-13H2,1H3,(H,21,23)(H,25,26). The first kappa shape index (κ1) is 21.6. The maximum atomic E-state index is 14.6. The summed E-state index contributed by atoms with van der Waals surface area (Å²) >= 11 is 0. The topological polar surface area (TPSA) is 105 Å². The Kier molecular flexibility index (Phi) is 7.74. The first-order chi connectivity index (χ1) is 13.3. The van der Waals surface area contributed by atoms with Gasteiger partial charge in [-0.25, -0.2) is 9.18 Å². The molecule has 0 aliphatic carbocycles. The molecule has 0 bridgehead atoms. The number of halogens is 1. The lowest BCUT2D eigenvalue weighted by atomic mass is 10.0. The van der Waals surface area contributed by atoms with Crippen LogP contribution in [0.3, 0.4) is 0 Å². The van der Waals surface area contributed by atoms with E-state index < -0.39 is 23.6 Å². The molecular weight excluding hydrogens is 371 g/mol. The molecule has 1 saturated heterocycles. The summed E-state index contributed by atoms with van der Waals surface area (Å²) in [6, 6.07) is 7.90. The van der Waals surface area contributed by atoms with Gasteiger partial charge >= 0.3 is 5.97 Å². The van der Waals surface area contributed by atoms with E-state index in [1.165, 1.54) is 7.11 Å². The molecule has 2 N–H and O–H groups in total. The SMILES string of the molecule is COCC1(F)CC(C(=O)O)N(C(=O)CNC(=O)CCCOc2ccccc2)C1. The van der Waals surface area contributed by atoms with Crippen LogP contribution < -0.4 is 10.1 Å². The summed E-state index contributed by atoms with van der Waals surface area (Å²) in [5.74, 6) is -1.58. The van der Waals surface area contributed by atoms with Gasteiger partial charge in [0.25, 0.3) is 0 Å². The van der Waals surface area contributed by atoms with E-state index in [-0.39, 0.29) is 38.4 Å². The maximum absolute atomic E-state index is 14.6. The van der Waals surface area contributed by atoms with Crippen molar-refractivity contribution in [1.82, 2.24) is 10.2 Å². The number of alkyl halides is 1. The van der Waals surface area contributed by atoms with Gasteiger partial charge in [-0.05, 0) is 18.6 Å². The van der Waals surface area contributed by atoms with Gasteiger partial charge < -0.3 is 24.8 Å². The second-order valence-electron chi connectivity index (χ2n) is 6.71. The first-order valence-electron chi connectivity index (χ1n) is 8.99. The third kappa shape index (κ3) is 6.19. The van der Waals surface area contributed by atoms with Gasteiger partial charge in [0.2, 0.25) is 11.8 Å². The Balaban J connectivity index is 1.74. The lowest BCUT2D eigenvalue weighted by molar-refractivity contribution is -0.148. The van der Waals surface area contributed by atoms with Crippen LogP contribution in [-0.4, -0.2) is 72.9 Å². The third-order valence-electron chi connectivity index (χ3n) is 4.39. The van der Waals surface area contributed by atoms with Gasteiger partial charge in [0.1, 0.15) is 11.8 Å². The first-order valence-corrected chi connectivity index (χ1v) is 8.99. The fourth-order valence-electron chi connectivity index (χ4n) is 3.09. The summed E-state index contributed by atoms with van der Waals surface area (Å²) in [6.07, 6.45) is 0.268. The zero-order chi connectivity index (χ0) is 20.6. The predicted octanol–water partition coefficient (Wildman–Crippen LogP) is 1.00. The average Bonchev–Trinajstić information content (AvgIpc) is 3.02. The zero-order valence-electron chi connectivity index (χ0n) is 15.7. The van der Waals surface area contributed by atoms with Crippen LogP contribution in [0.5, 0.6) is 5.75 Å². The van der Waals surface area contributed by atoms with E-state index in [9.17, 15) is 23.9 Å².